The molecule has 0 aliphatic carbocycles. The monoisotopic (exact) mass is 285 g/mol. The first-order chi connectivity index (χ1) is 9.54. The van der Waals surface area contributed by atoms with Crippen molar-refractivity contribution in [2.75, 3.05) is 18.1 Å². The zero-order valence-electron chi connectivity index (χ0n) is 11.0. The predicted octanol–water partition coefficient (Wildman–Crippen LogP) is 2.40. The number of aliphatic hydroxyl groups is 1. The third-order valence-electron chi connectivity index (χ3n) is 3.62. The summed E-state index contributed by atoms with van der Waals surface area (Å²) in [6.45, 7) is 0.587. The van der Waals surface area contributed by atoms with Crippen LogP contribution in [0.15, 0.2) is 12.1 Å². The highest BCUT2D eigenvalue weighted by Crippen LogP contribution is 2.33. The van der Waals surface area contributed by atoms with E-state index >= 15 is 0 Å². The van der Waals surface area contributed by atoms with Crippen LogP contribution < -0.4 is 4.90 Å². The molecule has 20 heavy (non-hydrogen) atoms. The summed E-state index contributed by atoms with van der Waals surface area (Å²) in [6.07, 6.45) is 2.89. The van der Waals surface area contributed by atoms with Gasteiger partial charge >= 0.3 is 5.97 Å². The SMILES string of the molecule is O=C(O)c1cc(F)c(N2CCCC2CCCO)c(F)c1. The van der Waals surface area contributed by atoms with Gasteiger partial charge in [-0.3, -0.25) is 0 Å². The number of anilines is 1. The Morgan fingerprint density at radius 3 is 2.55 bits per heavy atom. The smallest absolute Gasteiger partial charge is 0.335 e. The van der Waals surface area contributed by atoms with Crippen LogP contribution in [0.25, 0.3) is 0 Å². The Hall–Kier alpha value is -1.69. The maximum atomic E-state index is 14.0. The summed E-state index contributed by atoms with van der Waals surface area (Å²) in [5.74, 6) is -3.05. The number of carboxylic acid groups (broad SMARTS) is 1. The Kier molecular flexibility index (Phi) is 4.54. The van der Waals surface area contributed by atoms with E-state index < -0.39 is 23.2 Å². The molecule has 1 aliphatic heterocycles. The minimum absolute atomic E-state index is 0.0122. The van der Waals surface area contributed by atoms with E-state index in [1.807, 2.05) is 0 Å². The average Bonchev–Trinajstić information content (AvgIpc) is 2.83. The fourth-order valence-corrected chi connectivity index (χ4v) is 2.72. The molecule has 1 unspecified atom stereocenters. The maximum absolute atomic E-state index is 14.0. The molecule has 0 amide bonds. The van der Waals surface area contributed by atoms with E-state index in [0.29, 0.717) is 19.4 Å². The van der Waals surface area contributed by atoms with Gasteiger partial charge in [0.25, 0.3) is 0 Å². The number of carbonyl (C=O) groups is 1. The molecule has 6 heteroatoms. The minimum Gasteiger partial charge on any atom is -0.478 e. The third-order valence-corrected chi connectivity index (χ3v) is 3.62. The summed E-state index contributed by atoms with van der Waals surface area (Å²) in [5.41, 5.74) is -0.551. The molecule has 0 spiro atoms. The molecule has 110 valence electrons. The first-order valence-corrected chi connectivity index (χ1v) is 6.64. The van der Waals surface area contributed by atoms with Crippen molar-refractivity contribution in [1.82, 2.24) is 0 Å². The van der Waals surface area contributed by atoms with Crippen molar-refractivity contribution in [3.05, 3.63) is 29.3 Å². The van der Waals surface area contributed by atoms with Crippen LogP contribution in [0.5, 0.6) is 0 Å². The highest BCUT2D eigenvalue weighted by atomic mass is 19.1. The third kappa shape index (κ3) is 2.90. The Balaban J connectivity index is 2.29. The molecular formula is C14H17F2NO3. The molecule has 1 fully saturated rings. The fraction of sp³-hybridized carbons (Fsp3) is 0.500. The van der Waals surface area contributed by atoms with Crippen LogP contribution in [0.2, 0.25) is 0 Å². The molecule has 1 aromatic rings. The van der Waals surface area contributed by atoms with Crippen molar-refractivity contribution < 1.29 is 23.8 Å². The van der Waals surface area contributed by atoms with E-state index in [-0.39, 0.29) is 18.3 Å². The first kappa shape index (κ1) is 14.7. The van der Waals surface area contributed by atoms with Gasteiger partial charge in [-0.1, -0.05) is 0 Å². The molecule has 2 rings (SSSR count). The summed E-state index contributed by atoms with van der Waals surface area (Å²) in [4.78, 5) is 12.4. The number of rotatable bonds is 5. The Morgan fingerprint density at radius 2 is 2.00 bits per heavy atom. The molecule has 0 bridgehead atoms. The number of aromatic carboxylic acids is 1. The van der Waals surface area contributed by atoms with E-state index in [0.717, 1.165) is 25.0 Å². The molecule has 1 aromatic carbocycles. The summed E-state index contributed by atoms with van der Waals surface area (Å²) < 4.78 is 28.0. The summed E-state index contributed by atoms with van der Waals surface area (Å²) in [7, 11) is 0. The van der Waals surface area contributed by atoms with Crippen LogP contribution in [0.4, 0.5) is 14.5 Å². The molecule has 0 aromatic heterocycles. The van der Waals surface area contributed by atoms with Crippen molar-refractivity contribution in [3.8, 4) is 0 Å². The van der Waals surface area contributed by atoms with Crippen LogP contribution in [-0.2, 0) is 0 Å². The molecular weight excluding hydrogens is 268 g/mol. The second kappa shape index (κ2) is 6.17. The van der Waals surface area contributed by atoms with Gasteiger partial charge in [0.15, 0.2) is 0 Å². The zero-order valence-corrected chi connectivity index (χ0v) is 11.0. The van der Waals surface area contributed by atoms with Gasteiger partial charge in [-0.15, -0.1) is 0 Å². The Morgan fingerprint density at radius 1 is 1.35 bits per heavy atom. The highest BCUT2D eigenvalue weighted by molar-refractivity contribution is 5.88. The van der Waals surface area contributed by atoms with Crippen molar-refractivity contribution in [3.63, 3.8) is 0 Å². The fourth-order valence-electron chi connectivity index (χ4n) is 2.72. The second-order valence-electron chi connectivity index (χ2n) is 4.95. The van der Waals surface area contributed by atoms with Crippen LogP contribution in [0.3, 0.4) is 0 Å². The Bertz CT molecular complexity index is 484. The molecule has 0 saturated carbocycles. The van der Waals surface area contributed by atoms with Crippen LogP contribution in [-0.4, -0.2) is 35.4 Å². The molecule has 0 radical (unpaired) electrons. The van der Waals surface area contributed by atoms with Crippen molar-refractivity contribution >= 4 is 11.7 Å². The van der Waals surface area contributed by atoms with E-state index in [9.17, 15) is 13.6 Å². The molecule has 4 nitrogen and oxygen atoms in total. The molecule has 1 aliphatic rings. The van der Waals surface area contributed by atoms with Gasteiger partial charge in [-0.05, 0) is 37.8 Å². The van der Waals surface area contributed by atoms with E-state index in [1.165, 1.54) is 0 Å². The van der Waals surface area contributed by atoms with Crippen molar-refractivity contribution in [2.24, 2.45) is 0 Å². The van der Waals surface area contributed by atoms with E-state index in [2.05, 4.69) is 0 Å². The van der Waals surface area contributed by atoms with Gasteiger partial charge in [0, 0.05) is 19.2 Å². The zero-order chi connectivity index (χ0) is 14.7. The van der Waals surface area contributed by atoms with Gasteiger partial charge in [0.1, 0.15) is 17.3 Å². The van der Waals surface area contributed by atoms with Crippen LogP contribution in [0.1, 0.15) is 36.0 Å². The molecule has 2 N–H and O–H groups in total. The van der Waals surface area contributed by atoms with Gasteiger partial charge in [-0.25, -0.2) is 13.6 Å². The lowest BCUT2D eigenvalue weighted by molar-refractivity contribution is 0.0695. The first-order valence-electron chi connectivity index (χ1n) is 6.64. The second-order valence-corrected chi connectivity index (χ2v) is 4.95. The lowest BCUT2D eigenvalue weighted by atomic mass is 10.1. The lowest BCUT2D eigenvalue weighted by Crippen LogP contribution is -2.31. The number of aliphatic hydroxyl groups excluding tert-OH is 1. The van der Waals surface area contributed by atoms with Crippen molar-refractivity contribution in [2.45, 2.75) is 31.7 Å². The van der Waals surface area contributed by atoms with Gasteiger partial charge in [-0.2, -0.15) is 0 Å². The number of benzene rings is 1. The van der Waals surface area contributed by atoms with Crippen molar-refractivity contribution in [1.29, 1.82) is 0 Å². The van der Waals surface area contributed by atoms with Gasteiger partial charge in [0.2, 0.25) is 0 Å². The summed E-state index contributed by atoms with van der Waals surface area (Å²) >= 11 is 0. The quantitative estimate of drug-likeness (QED) is 0.872. The largest absolute Gasteiger partial charge is 0.478 e. The van der Waals surface area contributed by atoms with Gasteiger partial charge in [0.05, 0.1) is 5.56 Å². The normalized spacial score (nSPS) is 18.6. The standard InChI is InChI=1S/C14H17F2NO3/c15-11-7-9(14(19)20)8-12(16)13(11)17-5-1-3-10(17)4-2-6-18/h7-8,10,18H,1-6H2,(H,19,20). The van der Waals surface area contributed by atoms with E-state index in [1.54, 1.807) is 4.90 Å². The predicted molar refractivity (Wildman–Crippen MR) is 70.0 cm³/mol. The molecule has 1 saturated heterocycles. The van der Waals surface area contributed by atoms with E-state index in [4.69, 9.17) is 10.2 Å². The number of nitrogens with zero attached hydrogens (tertiary/aromatic N) is 1. The Labute approximate surface area is 115 Å². The maximum Gasteiger partial charge on any atom is 0.335 e. The molecule has 1 heterocycles. The van der Waals surface area contributed by atoms with Gasteiger partial charge < -0.3 is 15.1 Å². The number of halogens is 2. The average molecular weight is 285 g/mol. The summed E-state index contributed by atoms with van der Waals surface area (Å²) in [6, 6.07) is 1.69. The number of hydrogen-bond donors (Lipinski definition) is 2. The van der Waals surface area contributed by atoms with Crippen LogP contribution in [0, 0.1) is 11.6 Å². The van der Waals surface area contributed by atoms with Crippen LogP contribution >= 0.6 is 0 Å². The summed E-state index contributed by atoms with van der Waals surface area (Å²) in [5, 5.41) is 17.6. The number of hydrogen-bond acceptors (Lipinski definition) is 3. The lowest BCUT2D eigenvalue weighted by Gasteiger charge is -2.27. The minimum atomic E-state index is -1.35. The highest BCUT2D eigenvalue weighted by Gasteiger charge is 2.29. The number of carboxylic acids is 1. The topological polar surface area (TPSA) is 60.8 Å². The molecule has 1 atom stereocenters.